The molecule has 0 radical (unpaired) electrons. The quantitative estimate of drug-likeness (QED) is 0.686. The van der Waals surface area contributed by atoms with Gasteiger partial charge in [0.2, 0.25) is 5.91 Å². The van der Waals surface area contributed by atoms with E-state index < -0.39 is 17.6 Å². The lowest BCUT2D eigenvalue weighted by molar-refractivity contribution is -0.137. The first-order valence-corrected chi connectivity index (χ1v) is 9.07. The number of hydrogen-bond acceptors (Lipinski definition) is 5. The van der Waals surface area contributed by atoms with Gasteiger partial charge in [-0.3, -0.25) is 4.79 Å². The maximum absolute atomic E-state index is 12.6. The number of nitrogens with one attached hydrogen (secondary N) is 1. The number of rotatable bonds is 5. The van der Waals surface area contributed by atoms with E-state index in [1.54, 1.807) is 0 Å². The Morgan fingerprint density at radius 2 is 1.97 bits per heavy atom. The fraction of sp³-hybridized carbons (Fsp3) is 0.421. The molecule has 0 aromatic carbocycles. The Hall–Kier alpha value is -2.55. The van der Waals surface area contributed by atoms with Crippen LogP contribution >= 0.6 is 11.6 Å². The van der Waals surface area contributed by atoms with Gasteiger partial charge in [-0.25, -0.2) is 4.98 Å². The SMILES string of the molecule is C=CN.CC(C)(C)c1cc(CCCC(=O)Nc2ncc(C(F)(F)F)cc2Cl)no1. The second-order valence-electron chi connectivity index (χ2n) is 7.12. The standard InChI is InChI=1S/C17H19ClF3N3O2.C2H5N/c1-16(2,3)13-8-11(24-26-13)5-4-6-14(25)23-15-12(18)7-10(9-22-15)17(19,20)21;1-2-3/h7-9H,4-6H2,1-3H3,(H,22,23,25);2H,1,3H2. The number of nitrogens with zero attached hydrogens (tertiary/aromatic N) is 2. The van der Waals surface area contributed by atoms with Crippen molar-refractivity contribution in [1.82, 2.24) is 10.1 Å². The normalized spacial score (nSPS) is 11.4. The van der Waals surface area contributed by atoms with Gasteiger partial charge in [0.05, 0.1) is 16.3 Å². The summed E-state index contributed by atoms with van der Waals surface area (Å²) in [5.74, 6) is 0.275. The molecule has 1 amide bonds. The van der Waals surface area contributed by atoms with Crippen molar-refractivity contribution in [2.24, 2.45) is 5.73 Å². The Labute approximate surface area is 172 Å². The zero-order chi connectivity index (χ0) is 22.2. The number of alkyl halides is 3. The fourth-order valence-electron chi connectivity index (χ4n) is 2.09. The average Bonchev–Trinajstić information content (AvgIpc) is 3.06. The molecule has 0 aliphatic rings. The molecule has 2 heterocycles. The van der Waals surface area contributed by atoms with Gasteiger partial charge in [0, 0.05) is 24.1 Å². The van der Waals surface area contributed by atoms with Gasteiger partial charge in [-0.2, -0.15) is 13.2 Å². The van der Waals surface area contributed by atoms with Gasteiger partial charge in [-0.15, -0.1) is 0 Å². The Balaban J connectivity index is 0.00000132. The number of halogens is 4. The van der Waals surface area contributed by atoms with Gasteiger partial charge in [-0.1, -0.05) is 44.1 Å². The number of pyridine rings is 1. The van der Waals surface area contributed by atoms with Crippen molar-refractivity contribution < 1.29 is 22.5 Å². The molecule has 0 aliphatic heterocycles. The average molecular weight is 433 g/mol. The maximum atomic E-state index is 12.6. The molecule has 0 saturated carbocycles. The minimum atomic E-state index is -4.54. The lowest BCUT2D eigenvalue weighted by Gasteiger charge is -2.12. The summed E-state index contributed by atoms with van der Waals surface area (Å²) in [6, 6.07) is 2.58. The number of carbonyl (C=O) groups is 1. The summed E-state index contributed by atoms with van der Waals surface area (Å²) in [4.78, 5) is 15.5. The molecule has 0 unspecified atom stereocenters. The van der Waals surface area contributed by atoms with Crippen LogP contribution in [-0.2, 0) is 22.8 Å². The summed E-state index contributed by atoms with van der Waals surface area (Å²) in [5.41, 5.74) is 4.24. The molecule has 0 atom stereocenters. The van der Waals surface area contributed by atoms with Gasteiger partial charge in [0.25, 0.3) is 0 Å². The van der Waals surface area contributed by atoms with E-state index in [2.05, 4.69) is 27.8 Å². The number of hydrogen-bond donors (Lipinski definition) is 2. The van der Waals surface area contributed by atoms with E-state index in [0.29, 0.717) is 19.0 Å². The van der Waals surface area contributed by atoms with Crippen molar-refractivity contribution in [3.05, 3.63) is 53.1 Å². The Morgan fingerprint density at radius 1 is 1.34 bits per heavy atom. The van der Waals surface area contributed by atoms with Crippen LogP contribution < -0.4 is 11.1 Å². The Kier molecular flexibility index (Phi) is 8.69. The molecule has 0 bridgehead atoms. The molecular weight excluding hydrogens is 409 g/mol. The van der Waals surface area contributed by atoms with Crippen LogP contribution in [0, 0.1) is 0 Å². The summed E-state index contributed by atoms with van der Waals surface area (Å²) in [5, 5.41) is 6.11. The molecule has 160 valence electrons. The molecule has 0 saturated heterocycles. The van der Waals surface area contributed by atoms with E-state index in [1.807, 2.05) is 26.8 Å². The van der Waals surface area contributed by atoms with Gasteiger partial charge in [0.1, 0.15) is 5.76 Å². The Bertz CT molecular complexity index is 830. The van der Waals surface area contributed by atoms with Crippen LogP contribution in [0.1, 0.15) is 50.6 Å². The molecule has 2 aromatic heterocycles. The predicted molar refractivity (Wildman–Crippen MR) is 105 cm³/mol. The second-order valence-corrected chi connectivity index (χ2v) is 7.53. The van der Waals surface area contributed by atoms with Crippen molar-refractivity contribution >= 4 is 23.3 Å². The molecule has 2 aromatic rings. The summed E-state index contributed by atoms with van der Waals surface area (Å²) in [6.07, 6.45) is -1.47. The van der Waals surface area contributed by atoms with Gasteiger partial charge in [0.15, 0.2) is 5.82 Å². The van der Waals surface area contributed by atoms with E-state index in [4.69, 9.17) is 16.1 Å². The fourth-order valence-corrected chi connectivity index (χ4v) is 2.31. The number of anilines is 1. The monoisotopic (exact) mass is 432 g/mol. The summed E-state index contributed by atoms with van der Waals surface area (Å²) in [6.45, 7) is 9.16. The summed E-state index contributed by atoms with van der Waals surface area (Å²) in [7, 11) is 0. The van der Waals surface area contributed by atoms with Crippen LogP contribution in [0.3, 0.4) is 0 Å². The first-order valence-electron chi connectivity index (χ1n) is 8.69. The molecule has 2 rings (SSSR count). The van der Waals surface area contributed by atoms with Crippen LogP contribution in [0.15, 0.2) is 35.6 Å². The van der Waals surface area contributed by atoms with E-state index in [9.17, 15) is 18.0 Å². The molecule has 6 nitrogen and oxygen atoms in total. The number of carbonyl (C=O) groups excluding carboxylic acids is 1. The van der Waals surface area contributed by atoms with Crippen LogP contribution in [0.4, 0.5) is 19.0 Å². The number of amides is 1. The molecule has 0 fully saturated rings. The highest BCUT2D eigenvalue weighted by Crippen LogP contribution is 2.32. The first kappa shape index (κ1) is 24.5. The molecule has 10 heteroatoms. The number of aromatic nitrogens is 2. The highest BCUT2D eigenvalue weighted by atomic mass is 35.5. The minimum Gasteiger partial charge on any atom is -0.405 e. The largest absolute Gasteiger partial charge is 0.417 e. The third-order valence-corrected chi connectivity index (χ3v) is 3.85. The third-order valence-electron chi connectivity index (χ3n) is 3.56. The number of aryl methyl sites for hydroxylation is 1. The van der Waals surface area contributed by atoms with E-state index in [0.717, 1.165) is 17.5 Å². The lowest BCUT2D eigenvalue weighted by atomic mass is 9.93. The van der Waals surface area contributed by atoms with E-state index in [-0.39, 0.29) is 22.7 Å². The molecule has 29 heavy (non-hydrogen) atoms. The third kappa shape index (κ3) is 8.15. The van der Waals surface area contributed by atoms with Crippen molar-refractivity contribution in [2.75, 3.05) is 5.32 Å². The molecule has 0 aliphatic carbocycles. The summed E-state index contributed by atoms with van der Waals surface area (Å²) >= 11 is 5.76. The Morgan fingerprint density at radius 3 is 2.45 bits per heavy atom. The van der Waals surface area contributed by atoms with Gasteiger partial charge < -0.3 is 15.6 Å². The maximum Gasteiger partial charge on any atom is 0.417 e. The zero-order valence-corrected chi connectivity index (χ0v) is 17.2. The van der Waals surface area contributed by atoms with Crippen molar-refractivity contribution in [3.8, 4) is 0 Å². The minimum absolute atomic E-state index is 0.0962. The van der Waals surface area contributed by atoms with Gasteiger partial charge >= 0.3 is 6.18 Å². The van der Waals surface area contributed by atoms with Crippen LogP contribution in [0.25, 0.3) is 0 Å². The highest BCUT2D eigenvalue weighted by molar-refractivity contribution is 6.33. The molecule has 0 spiro atoms. The van der Waals surface area contributed by atoms with E-state index in [1.165, 1.54) is 6.20 Å². The summed E-state index contributed by atoms with van der Waals surface area (Å²) < 4.78 is 43.0. The molecular formula is C19H24ClF3N4O2. The van der Waals surface area contributed by atoms with Crippen LogP contribution in [-0.4, -0.2) is 16.0 Å². The van der Waals surface area contributed by atoms with Crippen molar-refractivity contribution in [1.29, 1.82) is 0 Å². The van der Waals surface area contributed by atoms with Gasteiger partial charge in [-0.05, 0) is 25.1 Å². The predicted octanol–water partition coefficient (Wildman–Crippen LogP) is 5.09. The lowest BCUT2D eigenvalue weighted by Crippen LogP contribution is -2.14. The van der Waals surface area contributed by atoms with E-state index >= 15 is 0 Å². The van der Waals surface area contributed by atoms with Crippen LogP contribution in [0.5, 0.6) is 0 Å². The second kappa shape index (κ2) is 10.3. The zero-order valence-electron chi connectivity index (χ0n) is 16.4. The number of nitrogens with two attached hydrogens (primary N) is 1. The first-order chi connectivity index (χ1) is 13.4. The highest BCUT2D eigenvalue weighted by Gasteiger charge is 2.31. The smallest absolute Gasteiger partial charge is 0.405 e. The topological polar surface area (TPSA) is 94.0 Å². The van der Waals surface area contributed by atoms with Crippen molar-refractivity contribution in [3.63, 3.8) is 0 Å². The van der Waals surface area contributed by atoms with Crippen LogP contribution in [0.2, 0.25) is 5.02 Å². The van der Waals surface area contributed by atoms with Crippen molar-refractivity contribution in [2.45, 2.75) is 51.6 Å². The molecule has 3 N–H and O–H groups in total.